The summed E-state index contributed by atoms with van der Waals surface area (Å²) in [5.41, 5.74) is 0.277. The standard InChI is InChI=1S/C17H17F3N4O/c18-17(19,20)15-12-5-1-2-6-13(12)23-14(24-15)7-9-22-16(25)11-4-3-8-21-10-11/h3-4,8,10H,1-2,5-7,9H2,(H,22,25). The first kappa shape index (κ1) is 17.3. The van der Waals surface area contributed by atoms with Crippen LogP contribution in [0.15, 0.2) is 24.5 Å². The molecule has 1 aliphatic carbocycles. The summed E-state index contributed by atoms with van der Waals surface area (Å²) in [6.45, 7) is 0.157. The highest BCUT2D eigenvalue weighted by Crippen LogP contribution is 2.34. The Balaban J connectivity index is 1.71. The van der Waals surface area contributed by atoms with Gasteiger partial charge in [-0.15, -0.1) is 0 Å². The lowest BCUT2D eigenvalue weighted by molar-refractivity contribution is -0.142. The molecule has 3 rings (SSSR count). The molecule has 8 heteroatoms. The van der Waals surface area contributed by atoms with Gasteiger partial charge in [0.15, 0.2) is 5.69 Å². The maximum Gasteiger partial charge on any atom is 0.433 e. The Morgan fingerprint density at radius 3 is 2.72 bits per heavy atom. The average molecular weight is 350 g/mol. The topological polar surface area (TPSA) is 67.8 Å². The fourth-order valence-electron chi connectivity index (χ4n) is 2.88. The lowest BCUT2D eigenvalue weighted by Crippen LogP contribution is -2.27. The number of nitrogens with one attached hydrogen (secondary N) is 1. The van der Waals surface area contributed by atoms with Crippen LogP contribution in [0.5, 0.6) is 0 Å². The van der Waals surface area contributed by atoms with Crippen LogP contribution < -0.4 is 5.32 Å². The van der Waals surface area contributed by atoms with Crippen molar-refractivity contribution >= 4 is 5.91 Å². The van der Waals surface area contributed by atoms with Crippen molar-refractivity contribution in [2.24, 2.45) is 0 Å². The number of pyridine rings is 1. The summed E-state index contributed by atoms with van der Waals surface area (Å²) in [7, 11) is 0. The highest BCUT2D eigenvalue weighted by Gasteiger charge is 2.37. The number of halogens is 3. The number of carbonyl (C=O) groups excluding carboxylic acids is 1. The van der Waals surface area contributed by atoms with E-state index in [4.69, 9.17) is 0 Å². The van der Waals surface area contributed by atoms with Gasteiger partial charge in [0.25, 0.3) is 5.91 Å². The van der Waals surface area contributed by atoms with E-state index in [1.807, 2.05) is 0 Å². The molecule has 25 heavy (non-hydrogen) atoms. The van der Waals surface area contributed by atoms with Gasteiger partial charge in [0, 0.05) is 36.6 Å². The molecule has 0 atom stereocenters. The van der Waals surface area contributed by atoms with Gasteiger partial charge in [-0.25, -0.2) is 9.97 Å². The number of nitrogens with zero attached hydrogens (tertiary/aromatic N) is 3. The molecule has 0 aliphatic heterocycles. The Labute approximate surface area is 142 Å². The van der Waals surface area contributed by atoms with Crippen LogP contribution in [0.2, 0.25) is 0 Å². The summed E-state index contributed by atoms with van der Waals surface area (Å²) >= 11 is 0. The van der Waals surface area contributed by atoms with E-state index in [2.05, 4.69) is 20.3 Å². The van der Waals surface area contributed by atoms with Crippen molar-refractivity contribution in [3.63, 3.8) is 0 Å². The van der Waals surface area contributed by atoms with Gasteiger partial charge in [0.1, 0.15) is 5.82 Å². The van der Waals surface area contributed by atoms with Crippen molar-refractivity contribution in [2.45, 2.75) is 38.3 Å². The van der Waals surface area contributed by atoms with Gasteiger partial charge >= 0.3 is 6.18 Å². The summed E-state index contributed by atoms with van der Waals surface area (Å²) in [5, 5.41) is 2.65. The van der Waals surface area contributed by atoms with Gasteiger partial charge < -0.3 is 5.32 Å². The Morgan fingerprint density at radius 2 is 2.00 bits per heavy atom. The van der Waals surface area contributed by atoms with Crippen LogP contribution in [-0.2, 0) is 25.4 Å². The zero-order chi connectivity index (χ0) is 17.9. The maximum atomic E-state index is 13.3. The molecule has 0 aromatic carbocycles. The summed E-state index contributed by atoms with van der Waals surface area (Å²) in [4.78, 5) is 23.8. The quantitative estimate of drug-likeness (QED) is 0.921. The van der Waals surface area contributed by atoms with Crippen LogP contribution in [0.1, 0.15) is 46.0 Å². The summed E-state index contributed by atoms with van der Waals surface area (Å²) in [6.07, 6.45) is 1.08. The normalized spacial score (nSPS) is 14.0. The van der Waals surface area contributed by atoms with Crippen molar-refractivity contribution in [1.82, 2.24) is 20.3 Å². The largest absolute Gasteiger partial charge is 0.433 e. The molecule has 0 saturated heterocycles. The minimum absolute atomic E-state index is 0.111. The third-order valence-electron chi connectivity index (χ3n) is 4.06. The third kappa shape index (κ3) is 4.12. The molecule has 2 aromatic rings. The molecule has 2 heterocycles. The van der Waals surface area contributed by atoms with Gasteiger partial charge in [-0.05, 0) is 37.8 Å². The van der Waals surface area contributed by atoms with Crippen molar-refractivity contribution in [3.8, 4) is 0 Å². The van der Waals surface area contributed by atoms with Crippen LogP contribution in [-0.4, -0.2) is 27.4 Å². The van der Waals surface area contributed by atoms with Crippen molar-refractivity contribution in [3.05, 3.63) is 52.9 Å². The van der Waals surface area contributed by atoms with Crippen LogP contribution >= 0.6 is 0 Å². The predicted octanol–water partition coefficient (Wildman–Crippen LogP) is 2.74. The molecule has 0 fully saturated rings. The minimum Gasteiger partial charge on any atom is -0.352 e. The fraction of sp³-hybridized carbons (Fsp3) is 0.412. The molecule has 0 saturated carbocycles. The molecule has 132 valence electrons. The molecule has 0 spiro atoms. The number of aromatic nitrogens is 3. The van der Waals surface area contributed by atoms with E-state index in [1.165, 1.54) is 6.20 Å². The highest BCUT2D eigenvalue weighted by atomic mass is 19.4. The van der Waals surface area contributed by atoms with E-state index in [9.17, 15) is 18.0 Å². The maximum absolute atomic E-state index is 13.3. The molecule has 1 aliphatic rings. The van der Waals surface area contributed by atoms with E-state index in [-0.39, 0.29) is 30.3 Å². The SMILES string of the molecule is O=C(NCCc1nc2c(c(C(F)(F)F)n1)CCCC2)c1cccnc1. The smallest absolute Gasteiger partial charge is 0.352 e. The lowest BCUT2D eigenvalue weighted by atomic mass is 9.94. The van der Waals surface area contributed by atoms with E-state index in [0.29, 0.717) is 24.1 Å². The van der Waals surface area contributed by atoms with Crippen LogP contribution in [0.3, 0.4) is 0 Å². The fourth-order valence-corrected chi connectivity index (χ4v) is 2.88. The number of alkyl halides is 3. The van der Waals surface area contributed by atoms with Crippen LogP contribution in [0, 0.1) is 0 Å². The van der Waals surface area contributed by atoms with E-state index >= 15 is 0 Å². The minimum atomic E-state index is -4.49. The van der Waals surface area contributed by atoms with Crippen LogP contribution in [0.25, 0.3) is 0 Å². The molecule has 0 unspecified atom stereocenters. The van der Waals surface area contributed by atoms with Crippen molar-refractivity contribution in [1.29, 1.82) is 0 Å². The first-order valence-electron chi connectivity index (χ1n) is 8.09. The van der Waals surface area contributed by atoms with Gasteiger partial charge in [0.2, 0.25) is 0 Å². The average Bonchev–Trinajstić information content (AvgIpc) is 2.61. The highest BCUT2D eigenvalue weighted by molar-refractivity contribution is 5.93. The number of hydrogen-bond acceptors (Lipinski definition) is 4. The van der Waals surface area contributed by atoms with E-state index in [0.717, 1.165) is 12.8 Å². The van der Waals surface area contributed by atoms with Gasteiger partial charge in [-0.3, -0.25) is 9.78 Å². The van der Waals surface area contributed by atoms with Gasteiger partial charge in [-0.1, -0.05) is 0 Å². The molecule has 5 nitrogen and oxygen atoms in total. The lowest BCUT2D eigenvalue weighted by Gasteiger charge is -2.20. The number of amides is 1. The first-order chi connectivity index (χ1) is 11.9. The van der Waals surface area contributed by atoms with Gasteiger partial charge in [0.05, 0.1) is 5.56 Å². The number of carbonyl (C=O) groups is 1. The Bertz CT molecular complexity index is 762. The molecular weight excluding hydrogens is 333 g/mol. The van der Waals surface area contributed by atoms with E-state index < -0.39 is 11.9 Å². The molecular formula is C17H17F3N4O. The molecule has 1 amide bonds. The molecule has 1 N–H and O–H groups in total. The molecule has 2 aromatic heterocycles. The number of fused-ring (bicyclic) bond motifs is 1. The predicted molar refractivity (Wildman–Crippen MR) is 84.0 cm³/mol. The first-order valence-corrected chi connectivity index (χ1v) is 8.09. The number of aryl methyl sites for hydroxylation is 1. The zero-order valence-electron chi connectivity index (χ0n) is 13.4. The summed E-state index contributed by atoms with van der Waals surface area (Å²) in [5.74, 6) is -0.221. The Kier molecular flexibility index (Phi) is 4.96. The monoisotopic (exact) mass is 350 g/mol. The summed E-state index contributed by atoms with van der Waals surface area (Å²) < 4.78 is 39.8. The Morgan fingerprint density at radius 1 is 1.20 bits per heavy atom. The molecule has 0 radical (unpaired) electrons. The second-order valence-electron chi connectivity index (χ2n) is 5.87. The van der Waals surface area contributed by atoms with Crippen molar-refractivity contribution in [2.75, 3.05) is 6.54 Å². The number of rotatable bonds is 4. The second kappa shape index (κ2) is 7.16. The Hall–Kier alpha value is -2.51. The van der Waals surface area contributed by atoms with E-state index in [1.54, 1.807) is 18.3 Å². The van der Waals surface area contributed by atoms with Crippen molar-refractivity contribution < 1.29 is 18.0 Å². The van der Waals surface area contributed by atoms with Crippen LogP contribution in [0.4, 0.5) is 13.2 Å². The number of hydrogen-bond donors (Lipinski definition) is 1. The zero-order valence-corrected chi connectivity index (χ0v) is 13.4. The van der Waals surface area contributed by atoms with Gasteiger partial charge in [-0.2, -0.15) is 13.2 Å². The molecule has 0 bridgehead atoms. The third-order valence-corrected chi connectivity index (χ3v) is 4.06. The summed E-state index contributed by atoms with van der Waals surface area (Å²) in [6, 6.07) is 3.25. The second-order valence-corrected chi connectivity index (χ2v) is 5.87.